The summed E-state index contributed by atoms with van der Waals surface area (Å²) in [5, 5.41) is 0. The predicted octanol–water partition coefficient (Wildman–Crippen LogP) is 2.46. The smallest absolute Gasteiger partial charge is 0.432 e. The van der Waals surface area contributed by atoms with Crippen LogP contribution in [0.15, 0.2) is 24.3 Å². The first-order valence-electron chi connectivity index (χ1n) is 6.37. The second-order valence-corrected chi connectivity index (χ2v) is 4.30. The largest absolute Gasteiger partial charge is 0.508 e. The summed E-state index contributed by atoms with van der Waals surface area (Å²) in [5.41, 5.74) is 1.44. The van der Waals surface area contributed by atoms with Gasteiger partial charge in [0, 0.05) is 0 Å². The van der Waals surface area contributed by atoms with Gasteiger partial charge < -0.3 is 23.7 Å². The maximum absolute atomic E-state index is 11.0. The van der Waals surface area contributed by atoms with Crippen LogP contribution in [0.25, 0.3) is 0 Å². The van der Waals surface area contributed by atoms with Gasteiger partial charge in [0.1, 0.15) is 26.4 Å². The van der Waals surface area contributed by atoms with Crippen LogP contribution in [0.2, 0.25) is 0 Å². The van der Waals surface area contributed by atoms with E-state index in [1.807, 2.05) is 0 Å². The van der Waals surface area contributed by atoms with E-state index >= 15 is 0 Å². The van der Waals surface area contributed by atoms with Crippen molar-refractivity contribution in [1.29, 1.82) is 0 Å². The topological polar surface area (TPSA) is 80.3 Å². The van der Waals surface area contributed by atoms with Crippen molar-refractivity contribution in [2.45, 2.75) is 13.8 Å². The molecule has 0 aliphatic rings. The highest BCUT2D eigenvalue weighted by atomic mass is 16.7. The quantitative estimate of drug-likeness (QED) is 0.348. The summed E-state index contributed by atoms with van der Waals surface area (Å²) in [6.07, 6.45) is -1.55. The molecule has 120 valence electrons. The zero-order chi connectivity index (χ0) is 16.1. The lowest BCUT2D eigenvalue weighted by Gasteiger charge is -2.08. The van der Waals surface area contributed by atoms with Crippen LogP contribution >= 0.6 is 0 Å². The molecule has 0 saturated carbocycles. The lowest BCUT2D eigenvalue weighted by Crippen LogP contribution is -2.16. The minimum atomic E-state index is -0.777. The molecule has 0 aliphatic heterocycles. The zero-order valence-corrected chi connectivity index (χ0v) is 12.5. The van der Waals surface area contributed by atoms with Gasteiger partial charge in [-0.05, 0) is 25.0 Å². The Morgan fingerprint density at radius 2 is 1.10 bits per heavy atom. The summed E-state index contributed by atoms with van der Waals surface area (Å²) >= 11 is 0. The van der Waals surface area contributed by atoms with Gasteiger partial charge in [0.05, 0.1) is 13.2 Å². The molecule has 0 N–H and O–H groups in total. The van der Waals surface area contributed by atoms with E-state index in [4.69, 9.17) is 23.7 Å². The Hall–Kier alpha value is -2.02. The molecule has 0 saturated heterocycles. The van der Waals surface area contributed by atoms with Crippen LogP contribution in [0.4, 0.5) is 9.59 Å². The van der Waals surface area contributed by atoms with Crippen molar-refractivity contribution in [2.24, 2.45) is 0 Å². The van der Waals surface area contributed by atoms with Gasteiger partial charge in [-0.15, -0.1) is 0 Å². The summed E-state index contributed by atoms with van der Waals surface area (Å²) < 4.78 is 23.9. The van der Waals surface area contributed by atoms with E-state index in [1.54, 1.807) is 13.8 Å². The first kappa shape index (κ1) is 19.0. The molecule has 7 nitrogen and oxygen atoms in total. The fraction of sp³-hybridized carbons (Fsp3) is 0.571. The van der Waals surface area contributed by atoms with E-state index in [9.17, 15) is 9.59 Å². The van der Waals surface area contributed by atoms with E-state index in [0.717, 1.165) is 11.1 Å². The molecular formula is C14H22O7. The predicted molar refractivity (Wildman–Crippen MR) is 75.0 cm³/mol. The van der Waals surface area contributed by atoms with Gasteiger partial charge in [-0.25, -0.2) is 9.59 Å². The molecule has 0 aromatic heterocycles. The fourth-order valence-corrected chi connectivity index (χ4v) is 0.917. The number of hydrogen-bond acceptors (Lipinski definition) is 7. The van der Waals surface area contributed by atoms with Crippen molar-refractivity contribution in [1.82, 2.24) is 0 Å². The molecule has 0 spiro atoms. The molecule has 0 rings (SSSR count). The van der Waals surface area contributed by atoms with Gasteiger partial charge in [0.25, 0.3) is 0 Å². The van der Waals surface area contributed by atoms with Gasteiger partial charge in [-0.3, -0.25) is 0 Å². The number of ether oxygens (including phenoxy) is 5. The number of hydrogen-bond donors (Lipinski definition) is 0. The molecule has 0 bridgehead atoms. The number of rotatable bonds is 10. The second-order valence-electron chi connectivity index (χ2n) is 4.30. The van der Waals surface area contributed by atoms with E-state index in [2.05, 4.69) is 13.2 Å². The maximum Gasteiger partial charge on any atom is 0.508 e. The summed E-state index contributed by atoms with van der Waals surface area (Å²) in [6, 6.07) is 0. The monoisotopic (exact) mass is 302 g/mol. The van der Waals surface area contributed by atoms with Crippen LogP contribution in [-0.2, 0) is 23.7 Å². The minimum absolute atomic E-state index is 0.0507. The fourth-order valence-electron chi connectivity index (χ4n) is 0.917. The highest BCUT2D eigenvalue weighted by molar-refractivity contribution is 5.60. The Bertz CT molecular complexity index is 328. The Labute approximate surface area is 124 Å². The summed E-state index contributed by atoms with van der Waals surface area (Å²) in [5.74, 6) is 0. The van der Waals surface area contributed by atoms with Crippen molar-refractivity contribution >= 4 is 12.3 Å². The number of carbonyl (C=O) groups is 2. The van der Waals surface area contributed by atoms with Gasteiger partial charge in [-0.2, -0.15) is 0 Å². The Morgan fingerprint density at radius 1 is 0.714 bits per heavy atom. The van der Waals surface area contributed by atoms with Crippen LogP contribution in [0, 0.1) is 0 Å². The van der Waals surface area contributed by atoms with E-state index in [-0.39, 0.29) is 39.6 Å². The molecular weight excluding hydrogens is 280 g/mol. The van der Waals surface area contributed by atoms with Gasteiger partial charge in [-0.1, -0.05) is 13.2 Å². The molecule has 0 radical (unpaired) electrons. The van der Waals surface area contributed by atoms with Gasteiger partial charge >= 0.3 is 12.3 Å². The van der Waals surface area contributed by atoms with Crippen LogP contribution < -0.4 is 0 Å². The van der Waals surface area contributed by atoms with Crippen LogP contribution in [0.3, 0.4) is 0 Å². The molecule has 21 heavy (non-hydrogen) atoms. The van der Waals surface area contributed by atoms with Gasteiger partial charge in [0.15, 0.2) is 0 Å². The van der Waals surface area contributed by atoms with Crippen LogP contribution in [-0.4, -0.2) is 52.0 Å². The average Bonchev–Trinajstić information content (AvgIpc) is 2.41. The first-order valence-corrected chi connectivity index (χ1v) is 6.37. The first-order chi connectivity index (χ1) is 9.91. The molecule has 0 aromatic rings. The van der Waals surface area contributed by atoms with E-state index in [1.165, 1.54) is 0 Å². The summed E-state index contributed by atoms with van der Waals surface area (Å²) in [7, 11) is 0. The highest BCUT2D eigenvalue weighted by Gasteiger charge is 2.04. The summed E-state index contributed by atoms with van der Waals surface area (Å²) in [4.78, 5) is 22.0. The molecule has 0 amide bonds. The zero-order valence-electron chi connectivity index (χ0n) is 12.5. The lowest BCUT2D eigenvalue weighted by atomic mass is 10.4. The van der Waals surface area contributed by atoms with E-state index < -0.39 is 12.3 Å². The van der Waals surface area contributed by atoms with E-state index in [0.29, 0.717) is 0 Å². The molecule has 0 heterocycles. The second kappa shape index (κ2) is 11.8. The SMILES string of the molecule is C=C(C)COC(=O)OCCOCCOC(=O)OCC(=C)C. The third-order valence-electron chi connectivity index (χ3n) is 1.77. The molecule has 0 aliphatic carbocycles. The lowest BCUT2D eigenvalue weighted by molar-refractivity contribution is 0.00924. The summed E-state index contributed by atoms with van der Waals surface area (Å²) in [6.45, 7) is 11.3. The van der Waals surface area contributed by atoms with Crippen molar-refractivity contribution in [3.63, 3.8) is 0 Å². The molecule has 0 unspecified atom stereocenters. The standard InChI is InChI=1S/C14H22O7/c1-11(2)9-20-13(15)18-7-5-17-6-8-19-14(16)21-10-12(3)4/h1,3,5-10H2,2,4H3. The Kier molecular flexibility index (Phi) is 10.6. The third kappa shape index (κ3) is 14.2. The third-order valence-corrected chi connectivity index (χ3v) is 1.77. The van der Waals surface area contributed by atoms with Crippen LogP contribution in [0.5, 0.6) is 0 Å². The van der Waals surface area contributed by atoms with Crippen LogP contribution in [0.1, 0.15) is 13.8 Å². The highest BCUT2D eigenvalue weighted by Crippen LogP contribution is 1.93. The van der Waals surface area contributed by atoms with Gasteiger partial charge in [0.2, 0.25) is 0 Å². The normalized spacial score (nSPS) is 9.62. The van der Waals surface area contributed by atoms with Crippen molar-refractivity contribution < 1.29 is 33.3 Å². The Morgan fingerprint density at radius 3 is 1.43 bits per heavy atom. The maximum atomic E-state index is 11.0. The molecule has 0 atom stereocenters. The molecule has 0 fully saturated rings. The Balaban J connectivity index is 3.36. The molecule has 0 aromatic carbocycles. The number of carbonyl (C=O) groups excluding carboxylic acids is 2. The van der Waals surface area contributed by atoms with Crippen molar-refractivity contribution in [3.05, 3.63) is 24.3 Å². The average molecular weight is 302 g/mol. The van der Waals surface area contributed by atoms with Crippen molar-refractivity contribution in [2.75, 3.05) is 39.6 Å². The minimum Gasteiger partial charge on any atom is -0.432 e. The van der Waals surface area contributed by atoms with Crippen molar-refractivity contribution in [3.8, 4) is 0 Å². The molecule has 7 heteroatoms.